The normalized spacial score (nSPS) is 13.0. The van der Waals surface area contributed by atoms with Crippen molar-refractivity contribution < 1.29 is 34.1 Å². The fraction of sp³-hybridized carbons (Fsp3) is 0.357. The third kappa shape index (κ3) is 4.88. The molecule has 2 unspecified atom stereocenters. The van der Waals surface area contributed by atoms with Crippen LogP contribution >= 0.6 is 0 Å². The molecule has 1 aromatic rings. The highest BCUT2D eigenvalue weighted by molar-refractivity contribution is 6.02. The molecule has 0 heterocycles. The molecule has 21 heavy (non-hydrogen) atoms. The van der Waals surface area contributed by atoms with Gasteiger partial charge in [-0.15, -0.1) is 0 Å². The predicted octanol–water partition coefficient (Wildman–Crippen LogP) is 0.854. The molecule has 2 atom stereocenters. The van der Waals surface area contributed by atoms with Crippen LogP contribution in [0.25, 0.3) is 0 Å². The molecule has 114 valence electrons. The highest BCUT2D eigenvalue weighted by Gasteiger charge is 2.23. The number of aliphatic hydroxyl groups is 1. The van der Waals surface area contributed by atoms with Crippen LogP contribution in [-0.4, -0.2) is 47.4 Å². The summed E-state index contributed by atoms with van der Waals surface area (Å²) >= 11 is 0. The standard InChI is InChI=1S/C14H16O7/c1-9(16)12(6-7-20-8-15)21-14(19)11-5-3-2-4-10(11)13(17)18/h2-5,8-9,12,16H,6-7H2,1H3,(H,17,18). The minimum Gasteiger partial charge on any atom is -0.478 e. The maximum atomic E-state index is 12.0. The first-order valence-electron chi connectivity index (χ1n) is 6.24. The first kappa shape index (κ1) is 16.6. The smallest absolute Gasteiger partial charge is 0.339 e. The van der Waals surface area contributed by atoms with Crippen molar-refractivity contribution in [2.75, 3.05) is 6.61 Å². The number of hydrogen-bond donors (Lipinski definition) is 2. The molecule has 0 aliphatic heterocycles. The van der Waals surface area contributed by atoms with Gasteiger partial charge < -0.3 is 19.7 Å². The molecule has 0 bridgehead atoms. The maximum Gasteiger partial charge on any atom is 0.339 e. The van der Waals surface area contributed by atoms with Gasteiger partial charge in [0.05, 0.1) is 23.8 Å². The van der Waals surface area contributed by atoms with E-state index in [4.69, 9.17) is 9.84 Å². The predicted molar refractivity (Wildman–Crippen MR) is 70.9 cm³/mol. The lowest BCUT2D eigenvalue weighted by Crippen LogP contribution is -2.31. The van der Waals surface area contributed by atoms with E-state index >= 15 is 0 Å². The van der Waals surface area contributed by atoms with Crippen LogP contribution in [0.3, 0.4) is 0 Å². The summed E-state index contributed by atoms with van der Waals surface area (Å²) in [4.78, 5) is 33.1. The van der Waals surface area contributed by atoms with Gasteiger partial charge in [-0.1, -0.05) is 12.1 Å². The number of carbonyl (C=O) groups is 3. The largest absolute Gasteiger partial charge is 0.478 e. The van der Waals surface area contributed by atoms with Gasteiger partial charge in [0, 0.05) is 6.42 Å². The topological polar surface area (TPSA) is 110 Å². The Labute approximate surface area is 121 Å². The SMILES string of the molecule is CC(O)C(CCOC=O)OC(=O)c1ccccc1C(=O)O. The Morgan fingerprint density at radius 2 is 1.90 bits per heavy atom. The average Bonchev–Trinajstić information content (AvgIpc) is 2.46. The lowest BCUT2D eigenvalue weighted by molar-refractivity contribution is -0.129. The van der Waals surface area contributed by atoms with E-state index in [1.807, 2.05) is 0 Å². The van der Waals surface area contributed by atoms with E-state index in [1.54, 1.807) is 0 Å². The number of rotatable bonds is 8. The summed E-state index contributed by atoms with van der Waals surface area (Å²) in [5.41, 5.74) is -0.289. The minimum atomic E-state index is -1.25. The van der Waals surface area contributed by atoms with Gasteiger partial charge in [0.25, 0.3) is 6.47 Å². The Balaban J connectivity index is 2.82. The Kier molecular flexibility index (Phi) is 6.35. The van der Waals surface area contributed by atoms with E-state index in [0.29, 0.717) is 0 Å². The second-order valence-electron chi connectivity index (χ2n) is 4.29. The molecule has 0 amide bonds. The summed E-state index contributed by atoms with van der Waals surface area (Å²) in [6, 6.07) is 5.61. The molecule has 0 fully saturated rings. The molecule has 0 aromatic heterocycles. The van der Waals surface area contributed by atoms with Gasteiger partial charge in [0.15, 0.2) is 0 Å². The fourth-order valence-corrected chi connectivity index (χ4v) is 1.68. The summed E-state index contributed by atoms with van der Waals surface area (Å²) in [6.07, 6.45) is -1.78. The lowest BCUT2D eigenvalue weighted by Gasteiger charge is -2.20. The summed E-state index contributed by atoms with van der Waals surface area (Å²) < 4.78 is 9.57. The lowest BCUT2D eigenvalue weighted by atomic mass is 10.1. The van der Waals surface area contributed by atoms with E-state index in [-0.39, 0.29) is 30.6 Å². The number of esters is 1. The third-order valence-electron chi connectivity index (χ3n) is 2.76. The highest BCUT2D eigenvalue weighted by Crippen LogP contribution is 2.14. The van der Waals surface area contributed by atoms with E-state index in [9.17, 15) is 19.5 Å². The molecule has 0 saturated heterocycles. The highest BCUT2D eigenvalue weighted by atomic mass is 16.6. The van der Waals surface area contributed by atoms with Gasteiger partial charge in [-0.2, -0.15) is 0 Å². The van der Waals surface area contributed by atoms with Crippen LogP contribution in [0, 0.1) is 0 Å². The number of carbonyl (C=O) groups excluding carboxylic acids is 2. The maximum absolute atomic E-state index is 12.0. The van der Waals surface area contributed by atoms with Gasteiger partial charge in [0.2, 0.25) is 0 Å². The van der Waals surface area contributed by atoms with Crippen LogP contribution in [0.5, 0.6) is 0 Å². The fourth-order valence-electron chi connectivity index (χ4n) is 1.68. The van der Waals surface area contributed by atoms with Crippen molar-refractivity contribution in [1.29, 1.82) is 0 Å². The number of ether oxygens (including phenoxy) is 2. The van der Waals surface area contributed by atoms with Crippen molar-refractivity contribution in [1.82, 2.24) is 0 Å². The molecule has 0 aliphatic rings. The van der Waals surface area contributed by atoms with Crippen molar-refractivity contribution >= 4 is 18.4 Å². The van der Waals surface area contributed by atoms with Crippen LogP contribution in [0.15, 0.2) is 24.3 Å². The molecule has 7 nitrogen and oxygen atoms in total. The van der Waals surface area contributed by atoms with E-state index < -0.39 is 24.1 Å². The molecular weight excluding hydrogens is 280 g/mol. The number of carboxylic acids is 1. The Morgan fingerprint density at radius 3 is 2.43 bits per heavy atom. The zero-order chi connectivity index (χ0) is 15.8. The van der Waals surface area contributed by atoms with Crippen LogP contribution in [0.2, 0.25) is 0 Å². The summed E-state index contributed by atoms with van der Waals surface area (Å²) in [5.74, 6) is -2.11. The van der Waals surface area contributed by atoms with Gasteiger partial charge in [-0.25, -0.2) is 9.59 Å². The van der Waals surface area contributed by atoms with Crippen LogP contribution < -0.4 is 0 Å². The first-order valence-corrected chi connectivity index (χ1v) is 6.24. The number of benzene rings is 1. The Bertz CT molecular complexity index is 510. The van der Waals surface area contributed by atoms with Crippen molar-refractivity contribution in [3.63, 3.8) is 0 Å². The second-order valence-corrected chi connectivity index (χ2v) is 4.29. The second kappa shape index (κ2) is 8.01. The van der Waals surface area contributed by atoms with Crippen molar-refractivity contribution in [3.8, 4) is 0 Å². The average molecular weight is 296 g/mol. The first-order chi connectivity index (χ1) is 9.97. The molecular formula is C14H16O7. The number of hydrogen-bond acceptors (Lipinski definition) is 6. The number of carboxylic acid groups (broad SMARTS) is 1. The van der Waals surface area contributed by atoms with E-state index in [1.165, 1.54) is 31.2 Å². The van der Waals surface area contributed by atoms with Gasteiger partial charge in [-0.05, 0) is 19.1 Å². The van der Waals surface area contributed by atoms with Crippen molar-refractivity contribution in [2.45, 2.75) is 25.6 Å². The molecule has 0 radical (unpaired) electrons. The van der Waals surface area contributed by atoms with Crippen molar-refractivity contribution in [2.24, 2.45) is 0 Å². The van der Waals surface area contributed by atoms with Gasteiger partial charge in [0.1, 0.15) is 6.10 Å². The molecule has 2 N–H and O–H groups in total. The van der Waals surface area contributed by atoms with Crippen LogP contribution in [0.1, 0.15) is 34.1 Å². The zero-order valence-electron chi connectivity index (χ0n) is 11.4. The third-order valence-corrected chi connectivity index (χ3v) is 2.76. The van der Waals surface area contributed by atoms with Crippen molar-refractivity contribution in [3.05, 3.63) is 35.4 Å². The molecule has 7 heteroatoms. The minimum absolute atomic E-state index is 0.0209. The quantitative estimate of drug-likeness (QED) is 0.415. The Hall–Kier alpha value is -2.41. The molecule has 1 aromatic carbocycles. The molecule has 0 spiro atoms. The van der Waals surface area contributed by atoms with E-state index in [2.05, 4.69) is 4.74 Å². The van der Waals surface area contributed by atoms with Crippen LogP contribution in [0.4, 0.5) is 0 Å². The molecule has 0 aliphatic carbocycles. The zero-order valence-corrected chi connectivity index (χ0v) is 11.4. The van der Waals surface area contributed by atoms with E-state index in [0.717, 1.165) is 0 Å². The Morgan fingerprint density at radius 1 is 1.29 bits per heavy atom. The van der Waals surface area contributed by atoms with Gasteiger partial charge in [-0.3, -0.25) is 4.79 Å². The monoisotopic (exact) mass is 296 g/mol. The summed E-state index contributed by atoms with van der Waals surface area (Å²) in [7, 11) is 0. The summed E-state index contributed by atoms with van der Waals surface area (Å²) in [6.45, 7) is 1.65. The van der Waals surface area contributed by atoms with Crippen LogP contribution in [-0.2, 0) is 14.3 Å². The molecule has 0 saturated carbocycles. The molecule has 1 rings (SSSR count). The number of aromatic carboxylic acids is 1. The number of aliphatic hydroxyl groups excluding tert-OH is 1. The summed E-state index contributed by atoms with van der Waals surface area (Å²) in [5, 5.41) is 18.6. The van der Waals surface area contributed by atoms with Gasteiger partial charge >= 0.3 is 11.9 Å².